The van der Waals surface area contributed by atoms with E-state index < -0.39 is 11.6 Å². The number of carbonyl (C=O) groups excluding carboxylic acids is 1. The third-order valence-electron chi connectivity index (χ3n) is 5.52. The van der Waals surface area contributed by atoms with Gasteiger partial charge >= 0.3 is 0 Å². The molecule has 1 aliphatic heterocycles. The fourth-order valence-electron chi connectivity index (χ4n) is 3.69. The van der Waals surface area contributed by atoms with E-state index in [1.807, 2.05) is 18.7 Å². The number of hydrogen-bond acceptors (Lipinski definition) is 4. The molecule has 1 aliphatic rings. The molecule has 0 bridgehead atoms. The summed E-state index contributed by atoms with van der Waals surface area (Å²) in [6.07, 6.45) is 1.74. The number of hydrogen-bond donors (Lipinski definition) is 0. The quantitative estimate of drug-likeness (QED) is 0.602. The molecule has 10 heteroatoms. The van der Waals surface area contributed by atoms with Crippen molar-refractivity contribution in [1.82, 2.24) is 29.4 Å². The summed E-state index contributed by atoms with van der Waals surface area (Å²) in [5, 5.41) is 9.39. The SMILES string of the molecule is Cc1nn(Cn2ccc(C(=O)N3CCN(Cc4cccc(F)c4F)CC3)n2)c(C)c1Cl. The Balaban J connectivity index is 1.35. The van der Waals surface area contributed by atoms with Gasteiger partial charge in [-0.1, -0.05) is 23.7 Å². The lowest BCUT2D eigenvalue weighted by molar-refractivity contribution is 0.0620. The highest BCUT2D eigenvalue weighted by atomic mass is 35.5. The smallest absolute Gasteiger partial charge is 0.274 e. The topological polar surface area (TPSA) is 59.2 Å². The van der Waals surface area contributed by atoms with Gasteiger partial charge in [-0.15, -0.1) is 0 Å². The first kappa shape index (κ1) is 21.5. The minimum Gasteiger partial charge on any atom is -0.335 e. The van der Waals surface area contributed by atoms with Gasteiger partial charge in [0.25, 0.3) is 5.91 Å². The minimum atomic E-state index is -0.843. The summed E-state index contributed by atoms with van der Waals surface area (Å²) in [5.74, 6) is -1.80. The average molecular weight is 449 g/mol. The number of carbonyl (C=O) groups is 1. The van der Waals surface area contributed by atoms with E-state index in [0.717, 1.165) is 17.5 Å². The Hall–Kier alpha value is -2.78. The normalized spacial score (nSPS) is 14.9. The molecule has 1 aromatic carbocycles. The maximum Gasteiger partial charge on any atom is 0.274 e. The molecule has 1 saturated heterocycles. The molecule has 3 heterocycles. The third kappa shape index (κ3) is 4.47. The van der Waals surface area contributed by atoms with Crippen LogP contribution in [0.5, 0.6) is 0 Å². The molecule has 164 valence electrons. The van der Waals surface area contributed by atoms with Crippen LogP contribution in [0, 0.1) is 25.5 Å². The van der Waals surface area contributed by atoms with Crippen LogP contribution in [0.1, 0.15) is 27.4 Å². The van der Waals surface area contributed by atoms with E-state index in [1.165, 1.54) is 6.07 Å². The van der Waals surface area contributed by atoms with Crippen molar-refractivity contribution in [2.75, 3.05) is 26.2 Å². The fraction of sp³-hybridized carbons (Fsp3) is 0.381. The number of halogens is 3. The highest BCUT2D eigenvalue weighted by molar-refractivity contribution is 6.31. The van der Waals surface area contributed by atoms with E-state index >= 15 is 0 Å². The predicted octanol–water partition coefficient (Wildman–Crippen LogP) is 3.09. The zero-order chi connectivity index (χ0) is 22.1. The molecule has 7 nitrogen and oxygen atoms in total. The van der Waals surface area contributed by atoms with E-state index in [4.69, 9.17) is 11.6 Å². The molecule has 0 N–H and O–H groups in total. The molecule has 4 rings (SSSR count). The van der Waals surface area contributed by atoms with E-state index in [9.17, 15) is 13.6 Å². The molecule has 3 aromatic rings. The Labute approximate surface area is 183 Å². The zero-order valence-corrected chi connectivity index (χ0v) is 18.1. The summed E-state index contributed by atoms with van der Waals surface area (Å²) < 4.78 is 30.7. The van der Waals surface area contributed by atoms with Crippen molar-refractivity contribution in [1.29, 1.82) is 0 Å². The molecule has 0 aliphatic carbocycles. The molecule has 0 radical (unpaired) electrons. The van der Waals surface area contributed by atoms with Crippen LogP contribution in [0.2, 0.25) is 5.02 Å². The average Bonchev–Trinajstić information content (AvgIpc) is 3.32. The van der Waals surface area contributed by atoms with Gasteiger partial charge in [-0.25, -0.2) is 13.5 Å². The predicted molar refractivity (Wildman–Crippen MR) is 112 cm³/mol. The Bertz CT molecular complexity index is 1100. The molecule has 0 saturated carbocycles. The second-order valence-corrected chi connectivity index (χ2v) is 8.03. The minimum absolute atomic E-state index is 0.151. The van der Waals surface area contributed by atoms with Gasteiger partial charge in [0.15, 0.2) is 11.6 Å². The summed E-state index contributed by atoms with van der Waals surface area (Å²) in [6.45, 7) is 6.54. The second-order valence-electron chi connectivity index (χ2n) is 7.65. The van der Waals surface area contributed by atoms with Gasteiger partial charge in [-0.05, 0) is 26.0 Å². The number of rotatable bonds is 5. The second kappa shape index (κ2) is 8.76. The number of amides is 1. The van der Waals surface area contributed by atoms with Gasteiger partial charge in [-0.2, -0.15) is 10.2 Å². The molecule has 0 unspecified atom stereocenters. The highest BCUT2D eigenvalue weighted by Crippen LogP contribution is 2.19. The number of aryl methyl sites for hydroxylation is 1. The van der Waals surface area contributed by atoms with Crippen molar-refractivity contribution in [2.24, 2.45) is 0 Å². The molecule has 2 aromatic heterocycles. The number of nitrogens with zero attached hydrogens (tertiary/aromatic N) is 6. The van der Waals surface area contributed by atoms with Crippen LogP contribution in [0.3, 0.4) is 0 Å². The van der Waals surface area contributed by atoms with Crippen molar-refractivity contribution in [3.63, 3.8) is 0 Å². The van der Waals surface area contributed by atoms with E-state index in [1.54, 1.807) is 32.6 Å². The molecule has 31 heavy (non-hydrogen) atoms. The number of benzene rings is 1. The zero-order valence-electron chi connectivity index (χ0n) is 17.4. The van der Waals surface area contributed by atoms with Crippen LogP contribution in [-0.4, -0.2) is 61.4 Å². The fourth-order valence-corrected chi connectivity index (χ4v) is 3.82. The summed E-state index contributed by atoms with van der Waals surface area (Å²) in [6, 6.07) is 5.88. The Morgan fingerprint density at radius 3 is 2.52 bits per heavy atom. The van der Waals surface area contributed by atoms with Gasteiger partial charge in [0, 0.05) is 44.5 Å². The Morgan fingerprint density at radius 1 is 1.10 bits per heavy atom. The first-order valence-electron chi connectivity index (χ1n) is 10.0. The van der Waals surface area contributed by atoms with Gasteiger partial charge < -0.3 is 4.90 Å². The van der Waals surface area contributed by atoms with Crippen LogP contribution in [0.4, 0.5) is 8.78 Å². The van der Waals surface area contributed by atoms with Gasteiger partial charge in [0.05, 0.1) is 16.4 Å². The summed E-state index contributed by atoms with van der Waals surface area (Å²) >= 11 is 6.18. The van der Waals surface area contributed by atoms with Crippen molar-refractivity contribution in [3.8, 4) is 0 Å². The standard InChI is InChI=1S/C21H23ClF2N6O/c1-14-19(22)15(2)30(25-14)13-29-7-6-18(26-29)21(31)28-10-8-27(9-11-28)12-16-4-3-5-17(23)20(16)24/h3-7H,8-13H2,1-2H3. The Kier molecular flexibility index (Phi) is 6.06. The van der Waals surface area contributed by atoms with Crippen LogP contribution in [0.25, 0.3) is 0 Å². The maximum absolute atomic E-state index is 13.9. The van der Waals surface area contributed by atoms with Crippen LogP contribution in [0.15, 0.2) is 30.5 Å². The molecule has 0 spiro atoms. The maximum atomic E-state index is 13.9. The molecule has 0 atom stereocenters. The summed E-state index contributed by atoms with van der Waals surface area (Å²) in [5.41, 5.74) is 2.27. The first-order chi connectivity index (χ1) is 14.8. The Morgan fingerprint density at radius 2 is 1.84 bits per heavy atom. The van der Waals surface area contributed by atoms with Gasteiger partial charge in [0.1, 0.15) is 12.4 Å². The summed E-state index contributed by atoms with van der Waals surface area (Å²) in [4.78, 5) is 16.6. The van der Waals surface area contributed by atoms with Gasteiger partial charge in [-0.3, -0.25) is 14.4 Å². The molecular weight excluding hydrogens is 426 g/mol. The lowest BCUT2D eigenvalue weighted by Crippen LogP contribution is -2.48. The lowest BCUT2D eigenvalue weighted by atomic mass is 10.1. The molecular formula is C21H23ClF2N6O. The first-order valence-corrected chi connectivity index (χ1v) is 10.4. The number of aromatic nitrogens is 4. The van der Waals surface area contributed by atoms with E-state index in [0.29, 0.717) is 55.7 Å². The largest absolute Gasteiger partial charge is 0.335 e. The van der Waals surface area contributed by atoms with E-state index in [2.05, 4.69) is 10.2 Å². The molecule has 1 fully saturated rings. The van der Waals surface area contributed by atoms with Crippen LogP contribution < -0.4 is 0 Å². The summed E-state index contributed by atoms with van der Waals surface area (Å²) in [7, 11) is 0. The van der Waals surface area contributed by atoms with Crippen molar-refractivity contribution < 1.29 is 13.6 Å². The van der Waals surface area contributed by atoms with E-state index in [-0.39, 0.29) is 5.91 Å². The van der Waals surface area contributed by atoms with Crippen LogP contribution >= 0.6 is 11.6 Å². The van der Waals surface area contributed by atoms with Crippen LogP contribution in [-0.2, 0) is 13.2 Å². The molecule has 1 amide bonds. The third-order valence-corrected chi connectivity index (χ3v) is 6.06. The number of piperazine rings is 1. The monoisotopic (exact) mass is 448 g/mol. The van der Waals surface area contributed by atoms with Crippen molar-refractivity contribution in [3.05, 3.63) is 69.8 Å². The highest BCUT2D eigenvalue weighted by Gasteiger charge is 2.24. The van der Waals surface area contributed by atoms with Crippen molar-refractivity contribution >= 4 is 17.5 Å². The van der Waals surface area contributed by atoms with Crippen molar-refractivity contribution in [2.45, 2.75) is 27.1 Å². The van der Waals surface area contributed by atoms with Gasteiger partial charge in [0.2, 0.25) is 0 Å². The lowest BCUT2D eigenvalue weighted by Gasteiger charge is -2.34.